The number of nitrogens with one attached hydrogen (secondary N) is 2. The lowest BCUT2D eigenvalue weighted by Crippen LogP contribution is -2.27. The third-order valence-electron chi connectivity index (χ3n) is 3.67. The Kier molecular flexibility index (Phi) is 11.9. The molecule has 1 aromatic carbocycles. The molecule has 0 radical (unpaired) electrons. The van der Waals surface area contributed by atoms with Crippen LogP contribution in [0.25, 0.3) is 0 Å². The first-order valence-electron chi connectivity index (χ1n) is 9.29. The van der Waals surface area contributed by atoms with Crippen molar-refractivity contribution in [2.45, 2.75) is 6.42 Å². The highest BCUT2D eigenvalue weighted by atomic mass is 79.9. The number of carbonyl (C=O) groups excluding carboxylic acids is 1. The highest BCUT2D eigenvalue weighted by molar-refractivity contribution is 9.09. The minimum Gasteiger partial charge on any atom is -0.377 e. The third-order valence-corrected chi connectivity index (χ3v) is 5.61. The van der Waals surface area contributed by atoms with E-state index in [1.165, 1.54) is 0 Å². The predicted octanol–water partition coefficient (Wildman–Crippen LogP) is 1.54. The molecule has 0 aliphatic rings. The van der Waals surface area contributed by atoms with E-state index >= 15 is 0 Å². The Hall–Kier alpha value is -2.21. The second kappa shape index (κ2) is 13.6. The van der Waals surface area contributed by atoms with Crippen molar-refractivity contribution in [2.24, 2.45) is 0 Å². The first kappa shape index (κ1) is 29.8. The van der Waals surface area contributed by atoms with Gasteiger partial charge in [-0.15, -0.1) is 0 Å². The zero-order valence-corrected chi connectivity index (χ0v) is 21.0. The van der Waals surface area contributed by atoms with E-state index in [-0.39, 0.29) is 45.0 Å². The molecule has 0 aromatic heterocycles. The van der Waals surface area contributed by atoms with Crippen LogP contribution in [-0.4, -0.2) is 73.6 Å². The largest absolute Gasteiger partial charge is 0.472 e. The average Bonchev–Trinajstić information content (AvgIpc) is 2.73. The molecule has 3 N–H and O–H groups in total. The van der Waals surface area contributed by atoms with Crippen LogP contribution in [0.1, 0.15) is 16.8 Å². The SMILES string of the molecule is CS(=O)(=O)OCCNc1ccc([N+](=O)[O-])c(C(=O)NCCCOP(=O)(O)OCCBr)c1[N+](=O)[O-]. The van der Waals surface area contributed by atoms with Crippen LogP contribution in [0.3, 0.4) is 0 Å². The number of hydrogen-bond acceptors (Lipinski definition) is 12. The first-order chi connectivity index (χ1) is 15.8. The molecule has 1 aromatic rings. The van der Waals surface area contributed by atoms with Crippen LogP contribution in [0, 0.1) is 20.2 Å². The van der Waals surface area contributed by atoms with E-state index < -0.39 is 50.6 Å². The summed E-state index contributed by atoms with van der Waals surface area (Å²) in [6, 6.07) is 1.89. The van der Waals surface area contributed by atoms with Gasteiger partial charge in [0.2, 0.25) is 0 Å². The summed E-state index contributed by atoms with van der Waals surface area (Å²) in [5.41, 5.74) is -2.84. The molecule has 0 aliphatic carbocycles. The normalized spacial score (nSPS) is 13.1. The van der Waals surface area contributed by atoms with Gasteiger partial charge in [0.15, 0.2) is 5.56 Å². The first-order valence-corrected chi connectivity index (χ1v) is 13.7. The van der Waals surface area contributed by atoms with Gasteiger partial charge in [0.25, 0.3) is 21.7 Å². The molecule has 0 saturated heterocycles. The minimum absolute atomic E-state index is 0.0175. The Morgan fingerprint density at radius 3 is 2.35 bits per heavy atom. The van der Waals surface area contributed by atoms with Crippen molar-refractivity contribution < 1.29 is 45.7 Å². The van der Waals surface area contributed by atoms with Gasteiger partial charge in [-0.25, -0.2) is 4.57 Å². The number of halogens is 1. The number of nitrogens with zero attached hydrogens (tertiary/aromatic N) is 2. The van der Waals surface area contributed by atoms with Gasteiger partial charge in [0.05, 0.1) is 35.9 Å². The number of benzene rings is 1. The number of nitro groups is 2. The van der Waals surface area contributed by atoms with Gasteiger partial charge in [-0.2, -0.15) is 8.42 Å². The van der Waals surface area contributed by atoms with Gasteiger partial charge in [0, 0.05) is 24.5 Å². The summed E-state index contributed by atoms with van der Waals surface area (Å²) in [6.07, 6.45) is 0.792. The van der Waals surface area contributed by atoms with E-state index in [1.54, 1.807) is 0 Å². The summed E-state index contributed by atoms with van der Waals surface area (Å²) < 4.78 is 47.3. The number of carbonyl (C=O) groups is 1. The number of alkyl halides is 1. The van der Waals surface area contributed by atoms with Crippen molar-refractivity contribution in [3.63, 3.8) is 0 Å². The van der Waals surface area contributed by atoms with Gasteiger partial charge in [-0.05, 0) is 12.5 Å². The second-order valence-electron chi connectivity index (χ2n) is 6.26. The van der Waals surface area contributed by atoms with Gasteiger partial charge in [-0.3, -0.25) is 38.3 Å². The number of phosphoric ester groups is 1. The van der Waals surface area contributed by atoms with Crippen LogP contribution in [0.2, 0.25) is 0 Å². The molecule has 1 unspecified atom stereocenters. The highest BCUT2D eigenvalue weighted by Crippen LogP contribution is 2.43. The molecule has 0 heterocycles. The van der Waals surface area contributed by atoms with Crippen LogP contribution in [0.15, 0.2) is 12.1 Å². The fourth-order valence-corrected chi connectivity index (χ4v) is 3.95. The molecule has 0 bridgehead atoms. The van der Waals surface area contributed by atoms with Crippen LogP contribution in [-0.2, 0) is 27.9 Å². The molecule has 16 nitrogen and oxygen atoms in total. The lowest BCUT2D eigenvalue weighted by atomic mass is 10.1. The monoisotopic (exact) mass is 592 g/mol. The van der Waals surface area contributed by atoms with Gasteiger partial charge < -0.3 is 15.5 Å². The van der Waals surface area contributed by atoms with Crippen molar-refractivity contribution in [1.82, 2.24) is 5.32 Å². The number of nitro benzene ring substituents is 2. The number of amides is 1. The average molecular weight is 593 g/mol. The summed E-state index contributed by atoms with van der Waals surface area (Å²) in [4.78, 5) is 43.0. The number of phosphoric acid groups is 1. The molecule has 34 heavy (non-hydrogen) atoms. The summed E-state index contributed by atoms with van der Waals surface area (Å²) in [6.45, 7) is -1.21. The van der Waals surface area contributed by atoms with Gasteiger partial charge in [0.1, 0.15) is 5.69 Å². The Morgan fingerprint density at radius 2 is 1.79 bits per heavy atom. The van der Waals surface area contributed by atoms with E-state index in [0.717, 1.165) is 18.4 Å². The Labute approximate surface area is 202 Å². The molecule has 19 heteroatoms. The summed E-state index contributed by atoms with van der Waals surface area (Å²) in [7, 11) is -8.04. The van der Waals surface area contributed by atoms with Crippen molar-refractivity contribution in [3.05, 3.63) is 37.9 Å². The molecule has 0 fully saturated rings. The lowest BCUT2D eigenvalue weighted by molar-refractivity contribution is -0.394. The van der Waals surface area contributed by atoms with Crippen molar-refractivity contribution in [3.8, 4) is 0 Å². The van der Waals surface area contributed by atoms with E-state index in [2.05, 4.69) is 39.8 Å². The van der Waals surface area contributed by atoms with Crippen LogP contribution in [0.4, 0.5) is 17.1 Å². The second-order valence-corrected chi connectivity index (χ2v) is 10.1. The zero-order valence-electron chi connectivity index (χ0n) is 17.7. The Balaban J connectivity index is 2.94. The number of hydrogen-bond donors (Lipinski definition) is 3. The molecule has 0 spiro atoms. The third kappa shape index (κ3) is 10.4. The fourth-order valence-electron chi connectivity index (χ4n) is 2.40. The Morgan fingerprint density at radius 1 is 1.15 bits per heavy atom. The molecular weight excluding hydrogens is 571 g/mol. The standard InChI is InChI=1S/C15H22BrN4O12PS/c1-34(28,29)32-10-7-17-11-3-4-12(19(22)23)13(14(11)20(24)25)15(21)18-6-2-8-30-33(26,27)31-9-5-16/h3-4,17H,2,5-10H2,1H3,(H,18,21)(H,26,27). The van der Waals surface area contributed by atoms with E-state index in [4.69, 9.17) is 0 Å². The maximum Gasteiger partial charge on any atom is 0.472 e. The van der Waals surface area contributed by atoms with Crippen LogP contribution < -0.4 is 10.6 Å². The molecule has 1 rings (SSSR count). The lowest BCUT2D eigenvalue weighted by Gasteiger charge is -2.12. The van der Waals surface area contributed by atoms with Gasteiger partial charge in [-0.1, -0.05) is 15.9 Å². The van der Waals surface area contributed by atoms with Crippen LogP contribution >= 0.6 is 23.8 Å². The Bertz CT molecular complexity index is 1050. The molecule has 1 atom stereocenters. The molecular formula is C15H22BrN4O12PS. The zero-order chi connectivity index (χ0) is 25.9. The maximum absolute atomic E-state index is 12.6. The van der Waals surface area contributed by atoms with Crippen molar-refractivity contribution in [1.29, 1.82) is 0 Å². The van der Waals surface area contributed by atoms with Crippen molar-refractivity contribution in [2.75, 3.05) is 49.8 Å². The summed E-state index contributed by atoms with van der Waals surface area (Å²) >= 11 is 3.00. The quantitative estimate of drug-likeness (QED) is 0.0618. The van der Waals surface area contributed by atoms with E-state index in [9.17, 15) is 42.9 Å². The number of rotatable bonds is 16. The minimum atomic E-state index is -4.28. The topological polar surface area (TPSA) is 227 Å². The molecule has 192 valence electrons. The molecule has 0 aliphatic heterocycles. The van der Waals surface area contributed by atoms with Crippen LogP contribution in [0.5, 0.6) is 0 Å². The predicted molar refractivity (Wildman–Crippen MR) is 122 cm³/mol. The summed E-state index contributed by atoms with van der Waals surface area (Å²) in [5, 5.41) is 28.0. The van der Waals surface area contributed by atoms with E-state index in [1.807, 2.05) is 0 Å². The smallest absolute Gasteiger partial charge is 0.377 e. The maximum atomic E-state index is 12.6. The van der Waals surface area contributed by atoms with E-state index in [0.29, 0.717) is 5.33 Å². The highest BCUT2D eigenvalue weighted by Gasteiger charge is 2.34. The van der Waals surface area contributed by atoms with Crippen molar-refractivity contribution >= 4 is 56.8 Å². The van der Waals surface area contributed by atoms with Gasteiger partial charge >= 0.3 is 13.5 Å². The molecule has 1 amide bonds. The summed E-state index contributed by atoms with van der Waals surface area (Å²) in [5.74, 6) is -1.14. The fraction of sp³-hybridized carbons (Fsp3) is 0.533. The molecule has 0 saturated carbocycles. The number of anilines is 1.